The second-order valence-electron chi connectivity index (χ2n) is 25.4. The summed E-state index contributed by atoms with van der Waals surface area (Å²) in [5.41, 5.74) is -6.12. The average molecular weight is 1190 g/mol. The monoisotopic (exact) mass is 1190 g/mol. The Labute approximate surface area is 499 Å². The highest BCUT2D eigenvalue weighted by atomic mass is 16.8. The molecule has 0 unspecified atom stereocenters. The SMILES string of the molecule is CO[C@H]1C[C@H](O[C@H]2CC[C@@]3(C)C(=CC[C@]4(O)[C@@H]3C[C@@H](OC(=O)C=Cc3ccccc3)[C@@]3(C)[C@]4(O)CC[C@@]3(O)[C@H](C)OC(=O)c3cccnc3)C2)O[C@H](C)[C@H]1O[C@H]1C[C@H](OC)[C@H](O[C@H]2C[C@@H](OC)[C@H](O[C@H]3C[C@@H](OC)[C@H](O)[C@@H](C)O3)[C@@H](C)O2)[C@@H](C)O1. The van der Waals surface area contributed by atoms with Crippen LogP contribution in [0.4, 0.5) is 0 Å². The van der Waals surface area contributed by atoms with Gasteiger partial charge in [0.2, 0.25) is 0 Å². The minimum Gasteiger partial charge on any atom is -0.458 e. The van der Waals surface area contributed by atoms with E-state index in [2.05, 4.69) is 11.9 Å². The van der Waals surface area contributed by atoms with Crippen LogP contribution in [0, 0.1) is 16.7 Å². The van der Waals surface area contributed by atoms with Gasteiger partial charge in [0.05, 0.1) is 65.9 Å². The number of fused-ring (bicyclic) bond motifs is 5. The first-order chi connectivity index (χ1) is 40.5. The molecule has 21 nitrogen and oxygen atoms in total. The lowest BCUT2D eigenvalue weighted by molar-refractivity contribution is -0.347. The predicted molar refractivity (Wildman–Crippen MR) is 304 cm³/mol. The molecule has 0 amide bonds. The third-order valence-electron chi connectivity index (χ3n) is 20.9. The van der Waals surface area contributed by atoms with E-state index in [1.807, 2.05) is 57.2 Å². The van der Waals surface area contributed by atoms with Crippen molar-refractivity contribution < 1.29 is 96.3 Å². The van der Waals surface area contributed by atoms with Gasteiger partial charge in [-0.2, -0.15) is 0 Å². The minimum atomic E-state index is -2.01. The molecule has 1 aromatic heterocycles. The standard InChI is InChI=1S/C64H91NO20/c1-35-55(67)44(72-8)29-52(76-35)83-57-37(3)78-54(31-46(57)74-10)85-58-38(4)79-53(32-47(58)75-11)84-56-36(2)77-51(30-45(56)73-9)81-43-22-23-60(6)42(28-43)21-24-63(70)48(60)33-49(82-50(66)20-19-40-16-13-12-14-17-40)61(7)62(69,25-26-64(61,63)71)39(5)80-59(68)41-18-15-27-65-34-41/h12-21,27,34-39,43-49,51-58,67,69-71H,22-26,28-33H2,1-11H3/t35-,36-,37-,38-,39+,43+,44-,45+,46-,47+,48-,49-,51+,52+,53+,54+,55-,56-,57-,58-,60+,61-,62-,63+,64-/m1/s1. The molecule has 25 atom stereocenters. The third-order valence-corrected chi connectivity index (χ3v) is 20.9. The summed E-state index contributed by atoms with van der Waals surface area (Å²) in [6.07, 6.45) is 0.219. The molecule has 8 aliphatic rings. The summed E-state index contributed by atoms with van der Waals surface area (Å²) in [4.78, 5) is 31.5. The van der Waals surface area contributed by atoms with Crippen LogP contribution in [-0.2, 0) is 71.1 Å². The zero-order chi connectivity index (χ0) is 60.8. The smallest absolute Gasteiger partial charge is 0.340 e. The van der Waals surface area contributed by atoms with Crippen LogP contribution in [0.2, 0.25) is 0 Å². The molecule has 2 aromatic rings. The highest BCUT2D eigenvalue weighted by Crippen LogP contribution is 2.71. The van der Waals surface area contributed by atoms with E-state index in [-0.39, 0.29) is 43.5 Å². The number of carbonyl (C=O) groups excluding carboxylic acids is 2. The van der Waals surface area contributed by atoms with Crippen LogP contribution in [0.25, 0.3) is 6.08 Å². The first-order valence-electron chi connectivity index (χ1n) is 30.5. The van der Waals surface area contributed by atoms with E-state index in [0.717, 1.165) is 11.1 Å². The molecule has 10 rings (SSSR count). The van der Waals surface area contributed by atoms with Gasteiger partial charge >= 0.3 is 11.9 Å². The summed E-state index contributed by atoms with van der Waals surface area (Å²) in [6.45, 7) is 12.9. The van der Waals surface area contributed by atoms with Gasteiger partial charge in [-0.25, -0.2) is 9.59 Å². The van der Waals surface area contributed by atoms with Gasteiger partial charge in [-0.05, 0) is 109 Å². The number of rotatable bonds is 18. The molecule has 0 bridgehead atoms. The zero-order valence-electron chi connectivity index (χ0n) is 51.0. The highest BCUT2D eigenvalue weighted by Gasteiger charge is 2.81. The number of aromatic nitrogens is 1. The van der Waals surface area contributed by atoms with E-state index in [1.165, 1.54) is 18.5 Å². The molecule has 3 saturated carbocycles. The lowest BCUT2D eigenvalue weighted by atomic mass is 9.42. The summed E-state index contributed by atoms with van der Waals surface area (Å²) in [6, 6.07) is 12.5. The molecule has 472 valence electrons. The van der Waals surface area contributed by atoms with Gasteiger partial charge in [0.25, 0.3) is 0 Å². The number of aliphatic hydroxyl groups is 4. The molecule has 7 fully saturated rings. The van der Waals surface area contributed by atoms with Gasteiger partial charge in [-0.1, -0.05) is 55.8 Å². The molecule has 5 heterocycles. The maximum atomic E-state index is 14.0. The molecular formula is C64H91NO20. The Kier molecular flexibility index (Phi) is 19.6. The van der Waals surface area contributed by atoms with Crippen molar-refractivity contribution in [1.82, 2.24) is 4.98 Å². The quantitative estimate of drug-likeness (QED) is 0.0727. The van der Waals surface area contributed by atoms with Crippen molar-refractivity contribution in [2.45, 2.75) is 253 Å². The van der Waals surface area contributed by atoms with Crippen molar-refractivity contribution in [1.29, 1.82) is 0 Å². The van der Waals surface area contributed by atoms with E-state index in [1.54, 1.807) is 67.4 Å². The number of hydrogen-bond donors (Lipinski definition) is 4. The fraction of sp³-hybridized carbons (Fsp3) is 0.734. The van der Waals surface area contributed by atoms with Crippen molar-refractivity contribution in [3.8, 4) is 0 Å². The van der Waals surface area contributed by atoms with Crippen LogP contribution in [0.5, 0.6) is 0 Å². The Balaban J connectivity index is 0.776. The molecule has 1 aromatic carbocycles. The molecule has 0 radical (unpaired) electrons. The van der Waals surface area contributed by atoms with Gasteiger partial charge in [-0.15, -0.1) is 0 Å². The molecule has 21 heteroatoms. The lowest BCUT2D eigenvalue weighted by Crippen LogP contribution is -2.78. The van der Waals surface area contributed by atoms with Crippen molar-refractivity contribution in [3.63, 3.8) is 0 Å². The molecule has 4 N–H and O–H groups in total. The number of hydrogen-bond acceptors (Lipinski definition) is 21. The van der Waals surface area contributed by atoms with E-state index in [4.69, 9.17) is 66.3 Å². The number of ether oxygens (including phenoxy) is 14. The van der Waals surface area contributed by atoms with Crippen LogP contribution in [0.15, 0.2) is 72.6 Å². The van der Waals surface area contributed by atoms with E-state index in [0.29, 0.717) is 44.9 Å². The summed E-state index contributed by atoms with van der Waals surface area (Å²) in [7, 11) is 6.48. The molecule has 4 aliphatic heterocycles. The number of aliphatic hydroxyl groups excluding tert-OH is 1. The fourth-order valence-corrected chi connectivity index (χ4v) is 15.9. The maximum Gasteiger partial charge on any atom is 0.340 e. The van der Waals surface area contributed by atoms with Gasteiger partial charge in [-0.3, -0.25) is 4.98 Å². The van der Waals surface area contributed by atoms with E-state index in [9.17, 15) is 30.0 Å². The van der Waals surface area contributed by atoms with Gasteiger partial charge in [0.15, 0.2) is 25.2 Å². The highest BCUT2D eigenvalue weighted by molar-refractivity contribution is 5.89. The number of methoxy groups -OCH3 is 4. The minimum absolute atomic E-state index is 0.0516. The Bertz CT molecular complexity index is 2650. The van der Waals surface area contributed by atoms with Crippen LogP contribution in [0.1, 0.15) is 135 Å². The second-order valence-corrected chi connectivity index (χ2v) is 25.4. The largest absolute Gasteiger partial charge is 0.458 e. The fourth-order valence-electron chi connectivity index (χ4n) is 15.9. The van der Waals surface area contributed by atoms with Crippen molar-refractivity contribution in [3.05, 3.63) is 83.7 Å². The predicted octanol–water partition coefficient (Wildman–Crippen LogP) is 6.29. The topological polar surface area (TPSA) is 257 Å². The van der Waals surface area contributed by atoms with Gasteiger partial charge < -0.3 is 86.7 Å². The summed E-state index contributed by atoms with van der Waals surface area (Å²) >= 11 is 0. The van der Waals surface area contributed by atoms with Crippen LogP contribution in [0.3, 0.4) is 0 Å². The van der Waals surface area contributed by atoms with Gasteiger partial charge in [0.1, 0.15) is 53.4 Å². The van der Waals surface area contributed by atoms with Crippen molar-refractivity contribution in [2.24, 2.45) is 16.7 Å². The van der Waals surface area contributed by atoms with E-state index < -0.39 is 150 Å². The third kappa shape index (κ3) is 12.1. The molecule has 4 saturated heterocycles. The molecule has 85 heavy (non-hydrogen) atoms. The average Bonchev–Trinajstić information content (AvgIpc) is 1.75. The number of nitrogens with zero attached hydrogens (tertiary/aromatic N) is 1. The number of pyridine rings is 1. The zero-order valence-corrected chi connectivity index (χ0v) is 51.0. The Morgan fingerprint density at radius 2 is 1.22 bits per heavy atom. The lowest BCUT2D eigenvalue weighted by Gasteiger charge is -2.67. The normalized spacial score (nSPS) is 45.0. The Hall–Kier alpha value is -3.85. The number of carbonyl (C=O) groups is 2. The molecule has 4 aliphatic carbocycles. The maximum absolute atomic E-state index is 14.0. The second kappa shape index (κ2) is 25.9. The summed E-state index contributed by atoms with van der Waals surface area (Å²) in [5.74, 6) is -2.01. The van der Waals surface area contributed by atoms with Crippen molar-refractivity contribution in [2.75, 3.05) is 28.4 Å². The van der Waals surface area contributed by atoms with Crippen LogP contribution < -0.4 is 0 Å². The molecular weight excluding hydrogens is 1100 g/mol. The van der Waals surface area contributed by atoms with Crippen LogP contribution >= 0.6 is 0 Å². The molecule has 0 spiro atoms. The Morgan fingerprint density at radius 3 is 1.76 bits per heavy atom. The van der Waals surface area contributed by atoms with Gasteiger partial charge in [0, 0.05) is 78.5 Å². The summed E-state index contributed by atoms with van der Waals surface area (Å²) in [5, 5.41) is 50.3. The van der Waals surface area contributed by atoms with E-state index >= 15 is 0 Å². The first kappa shape index (κ1) is 64.1. The van der Waals surface area contributed by atoms with Crippen LogP contribution in [-0.4, -0.2) is 199 Å². The summed E-state index contributed by atoms with van der Waals surface area (Å²) < 4.78 is 88.0. The number of benzene rings is 1. The Morgan fingerprint density at radius 1 is 0.682 bits per heavy atom. The number of esters is 2. The first-order valence-corrected chi connectivity index (χ1v) is 30.5. The van der Waals surface area contributed by atoms with Crippen molar-refractivity contribution >= 4 is 18.0 Å².